The van der Waals surface area contributed by atoms with Gasteiger partial charge >= 0.3 is 0 Å². The van der Waals surface area contributed by atoms with Crippen molar-refractivity contribution in [2.24, 2.45) is 0 Å². The molecule has 0 amide bonds. The second-order valence-corrected chi connectivity index (χ2v) is 3.55. The third-order valence-electron chi connectivity index (χ3n) is 2.58. The molecule has 0 saturated carbocycles. The number of aromatic nitrogens is 1. The molecule has 0 radical (unpaired) electrons. The smallest absolute Gasteiger partial charge is 0.123 e. The highest BCUT2D eigenvalue weighted by Gasteiger charge is 2.07. The minimum Gasteiger partial charge on any atom is -0.265 e. The standard InChI is InChI=1S/C13H12FN/c1-10(12-6-8-15-9-7-12)11-2-4-13(14)5-3-11/h2-10H,1H3. The Morgan fingerprint density at radius 2 is 1.47 bits per heavy atom. The normalized spacial score (nSPS) is 12.4. The van der Waals surface area contributed by atoms with E-state index >= 15 is 0 Å². The van der Waals surface area contributed by atoms with E-state index in [0.29, 0.717) is 0 Å². The maximum Gasteiger partial charge on any atom is 0.123 e. The summed E-state index contributed by atoms with van der Waals surface area (Å²) in [6.07, 6.45) is 3.55. The van der Waals surface area contributed by atoms with Crippen LogP contribution in [0.1, 0.15) is 24.0 Å². The molecule has 1 aromatic heterocycles. The van der Waals surface area contributed by atoms with Gasteiger partial charge in [0, 0.05) is 18.3 Å². The van der Waals surface area contributed by atoms with Gasteiger partial charge < -0.3 is 0 Å². The van der Waals surface area contributed by atoms with Crippen LogP contribution >= 0.6 is 0 Å². The molecule has 0 saturated heterocycles. The van der Waals surface area contributed by atoms with Crippen LogP contribution in [0.25, 0.3) is 0 Å². The van der Waals surface area contributed by atoms with Crippen LogP contribution in [-0.4, -0.2) is 4.98 Å². The lowest BCUT2D eigenvalue weighted by atomic mass is 9.94. The van der Waals surface area contributed by atoms with Crippen LogP contribution in [0.4, 0.5) is 4.39 Å². The largest absolute Gasteiger partial charge is 0.265 e. The molecule has 1 atom stereocenters. The fourth-order valence-electron chi connectivity index (χ4n) is 1.60. The van der Waals surface area contributed by atoms with Gasteiger partial charge in [-0.15, -0.1) is 0 Å². The van der Waals surface area contributed by atoms with E-state index in [4.69, 9.17) is 0 Å². The minimum atomic E-state index is -0.194. The molecule has 15 heavy (non-hydrogen) atoms. The highest BCUT2D eigenvalue weighted by Crippen LogP contribution is 2.23. The number of halogens is 1. The fraction of sp³-hybridized carbons (Fsp3) is 0.154. The molecule has 0 aliphatic heterocycles. The summed E-state index contributed by atoms with van der Waals surface area (Å²) < 4.78 is 12.7. The molecule has 0 N–H and O–H groups in total. The zero-order valence-corrected chi connectivity index (χ0v) is 8.52. The Morgan fingerprint density at radius 1 is 0.933 bits per heavy atom. The number of rotatable bonds is 2. The summed E-state index contributed by atoms with van der Waals surface area (Å²) in [5, 5.41) is 0. The maximum atomic E-state index is 12.7. The van der Waals surface area contributed by atoms with Gasteiger partial charge in [-0.05, 0) is 35.4 Å². The van der Waals surface area contributed by atoms with Crippen LogP contribution in [-0.2, 0) is 0 Å². The van der Waals surface area contributed by atoms with Gasteiger partial charge in [-0.25, -0.2) is 4.39 Å². The van der Waals surface area contributed by atoms with Crippen molar-refractivity contribution >= 4 is 0 Å². The van der Waals surface area contributed by atoms with E-state index in [-0.39, 0.29) is 11.7 Å². The van der Waals surface area contributed by atoms with E-state index < -0.39 is 0 Å². The predicted octanol–water partition coefficient (Wildman–Crippen LogP) is 3.37. The molecule has 2 rings (SSSR count). The Labute approximate surface area is 88.6 Å². The first-order valence-corrected chi connectivity index (χ1v) is 4.93. The van der Waals surface area contributed by atoms with Crippen LogP contribution < -0.4 is 0 Å². The van der Waals surface area contributed by atoms with Gasteiger partial charge in [0.05, 0.1) is 0 Å². The summed E-state index contributed by atoms with van der Waals surface area (Å²) in [4.78, 5) is 3.98. The summed E-state index contributed by atoms with van der Waals surface area (Å²) in [6.45, 7) is 2.10. The van der Waals surface area contributed by atoms with Gasteiger partial charge in [-0.3, -0.25) is 4.98 Å². The van der Waals surface area contributed by atoms with Crippen LogP contribution in [0.3, 0.4) is 0 Å². The molecule has 76 valence electrons. The molecule has 1 aromatic carbocycles. The maximum absolute atomic E-state index is 12.7. The summed E-state index contributed by atoms with van der Waals surface area (Å²) in [5.74, 6) is 0.0780. The summed E-state index contributed by atoms with van der Waals surface area (Å²) in [7, 11) is 0. The molecule has 2 heteroatoms. The quantitative estimate of drug-likeness (QED) is 0.725. The second kappa shape index (κ2) is 4.22. The van der Waals surface area contributed by atoms with Gasteiger partial charge in [0.15, 0.2) is 0 Å². The number of benzene rings is 1. The van der Waals surface area contributed by atoms with Crippen LogP contribution in [0.15, 0.2) is 48.8 Å². The number of pyridine rings is 1. The lowest BCUT2D eigenvalue weighted by Gasteiger charge is -2.11. The minimum absolute atomic E-state index is 0.194. The molecular formula is C13H12FN. The number of hydrogen-bond acceptors (Lipinski definition) is 1. The lowest BCUT2D eigenvalue weighted by molar-refractivity contribution is 0.626. The van der Waals surface area contributed by atoms with Crippen molar-refractivity contribution in [1.29, 1.82) is 0 Å². The molecule has 1 nitrogen and oxygen atoms in total. The second-order valence-electron chi connectivity index (χ2n) is 3.55. The highest BCUT2D eigenvalue weighted by molar-refractivity contribution is 5.30. The van der Waals surface area contributed by atoms with Crippen molar-refractivity contribution in [2.75, 3.05) is 0 Å². The van der Waals surface area contributed by atoms with Gasteiger partial charge in [0.25, 0.3) is 0 Å². The summed E-state index contributed by atoms with van der Waals surface area (Å²) >= 11 is 0. The Morgan fingerprint density at radius 3 is 2.07 bits per heavy atom. The van der Waals surface area contributed by atoms with Gasteiger partial charge in [0.2, 0.25) is 0 Å². The van der Waals surface area contributed by atoms with E-state index in [1.165, 1.54) is 17.7 Å². The van der Waals surface area contributed by atoms with Crippen molar-refractivity contribution < 1.29 is 4.39 Å². The van der Waals surface area contributed by atoms with Crippen molar-refractivity contribution in [1.82, 2.24) is 4.98 Å². The van der Waals surface area contributed by atoms with E-state index in [1.807, 2.05) is 24.3 Å². The van der Waals surface area contributed by atoms with Crippen LogP contribution in [0, 0.1) is 5.82 Å². The Kier molecular flexibility index (Phi) is 2.77. The first-order chi connectivity index (χ1) is 7.27. The van der Waals surface area contributed by atoms with Crippen molar-refractivity contribution in [3.8, 4) is 0 Å². The SMILES string of the molecule is CC(c1ccncc1)c1ccc(F)cc1. The highest BCUT2D eigenvalue weighted by atomic mass is 19.1. The monoisotopic (exact) mass is 201 g/mol. The van der Waals surface area contributed by atoms with E-state index in [1.54, 1.807) is 12.4 Å². The Bertz CT molecular complexity index is 422. The molecule has 1 unspecified atom stereocenters. The third kappa shape index (κ3) is 2.21. The number of nitrogens with zero attached hydrogens (tertiary/aromatic N) is 1. The lowest BCUT2D eigenvalue weighted by Crippen LogP contribution is -1.95. The van der Waals surface area contributed by atoms with Gasteiger partial charge in [-0.1, -0.05) is 19.1 Å². The summed E-state index contributed by atoms with van der Waals surface area (Å²) in [6, 6.07) is 10.6. The fourth-order valence-corrected chi connectivity index (χ4v) is 1.60. The molecule has 0 bridgehead atoms. The van der Waals surface area contributed by atoms with Crippen LogP contribution in [0.5, 0.6) is 0 Å². The molecule has 0 fully saturated rings. The van der Waals surface area contributed by atoms with E-state index in [9.17, 15) is 4.39 Å². The van der Waals surface area contributed by atoms with Gasteiger partial charge in [0.1, 0.15) is 5.82 Å². The zero-order chi connectivity index (χ0) is 10.7. The molecule has 0 aliphatic carbocycles. The molecule has 0 spiro atoms. The van der Waals surface area contributed by atoms with Crippen molar-refractivity contribution in [2.45, 2.75) is 12.8 Å². The zero-order valence-electron chi connectivity index (χ0n) is 8.52. The average molecular weight is 201 g/mol. The van der Waals surface area contributed by atoms with Crippen molar-refractivity contribution in [3.63, 3.8) is 0 Å². The Balaban J connectivity index is 2.29. The van der Waals surface area contributed by atoms with E-state index in [0.717, 1.165) is 5.56 Å². The topological polar surface area (TPSA) is 12.9 Å². The average Bonchev–Trinajstić information content (AvgIpc) is 2.30. The summed E-state index contributed by atoms with van der Waals surface area (Å²) in [5.41, 5.74) is 2.30. The predicted molar refractivity (Wildman–Crippen MR) is 58.2 cm³/mol. The number of hydrogen-bond donors (Lipinski definition) is 0. The van der Waals surface area contributed by atoms with Crippen LogP contribution in [0.2, 0.25) is 0 Å². The van der Waals surface area contributed by atoms with Crippen molar-refractivity contribution in [3.05, 3.63) is 65.7 Å². The third-order valence-corrected chi connectivity index (χ3v) is 2.58. The first kappa shape index (κ1) is 9.84. The van der Waals surface area contributed by atoms with E-state index in [2.05, 4.69) is 11.9 Å². The van der Waals surface area contributed by atoms with Gasteiger partial charge in [-0.2, -0.15) is 0 Å². The molecule has 2 aromatic rings. The molecule has 0 aliphatic rings. The Hall–Kier alpha value is -1.70. The first-order valence-electron chi connectivity index (χ1n) is 4.93. The molecular weight excluding hydrogens is 189 g/mol. The molecule has 1 heterocycles.